The van der Waals surface area contributed by atoms with Crippen molar-refractivity contribution < 1.29 is 36.6 Å². The lowest BCUT2D eigenvalue weighted by atomic mass is 9.82. The van der Waals surface area contributed by atoms with Gasteiger partial charge in [-0.2, -0.15) is 13.2 Å². The zero-order valence-corrected chi connectivity index (χ0v) is 20.1. The average Bonchev–Trinajstić information content (AvgIpc) is 3.72. The summed E-state index contributed by atoms with van der Waals surface area (Å²) in [5.74, 6) is -5.45. The van der Waals surface area contributed by atoms with Crippen LogP contribution in [0, 0.1) is 30.4 Å². The van der Waals surface area contributed by atoms with Crippen molar-refractivity contribution in [1.29, 1.82) is 0 Å². The summed E-state index contributed by atoms with van der Waals surface area (Å²) in [6.07, 6.45) is -2.93. The number of aryl methyl sites for hydroxylation is 1. The summed E-state index contributed by atoms with van der Waals surface area (Å²) in [7, 11) is 0. The Kier molecular flexibility index (Phi) is 5.85. The number of benzene rings is 1. The van der Waals surface area contributed by atoms with Gasteiger partial charge < -0.3 is 15.7 Å². The highest BCUT2D eigenvalue weighted by Crippen LogP contribution is 2.69. The molecule has 2 aromatic rings. The summed E-state index contributed by atoms with van der Waals surface area (Å²) in [4.78, 5) is 32.0. The van der Waals surface area contributed by atoms with Crippen molar-refractivity contribution >= 4 is 11.8 Å². The smallest absolute Gasteiger partial charge is 0.389 e. The molecule has 2 aliphatic carbocycles. The maximum atomic E-state index is 15.3. The van der Waals surface area contributed by atoms with Crippen molar-refractivity contribution in [3.63, 3.8) is 0 Å². The van der Waals surface area contributed by atoms with Gasteiger partial charge in [0.2, 0.25) is 5.91 Å². The van der Waals surface area contributed by atoms with Crippen LogP contribution >= 0.6 is 0 Å². The fourth-order valence-electron chi connectivity index (χ4n) is 6.29. The maximum Gasteiger partial charge on any atom is 0.419 e. The second kappa shape index (κ2) is 8.47. The van der Waals surface area contributed by atoms with E-state index in [2.05, 4.69) is 4.98 Å². The lowest BCUT2D eigenvalue weighted by molar-refractivity contribution is -0.140. The van der Waals surface area contributed by atoms with Crippen molar-refractivity contribution in [2.75, 3.05) is 0 Å². The number of halogens is 5. The molecule has 4 unspecified atom stereocenters. The molecule has 2 saturated carbocycles. The van der Waals surface area contributed by atoms with Gasteiger partial charge in [0.1, 0.15) is 17.7 Å². The van der Waals surface area contributed by atoms with Crippen molar-refractivity contribution in [2.24, 2.45) is 17.6 Å². The predicted octanol–water partition coefficient (Wildman–Crippen LogP) is 4.39. The number of carbonyl (C=O) groups is 2. The van der Waals surface area contributed by atoms with Crippen molar-refractivity contribution in [3.8, 4) is 0 Å². The van der Waals surface area contributed by atoms with E-state index in [1.165, 1.54) is 24.1 Å². The Morgan fingerprint density at radius 2 is 1.84 bits per heavy atom. The Hall–Kier alpha value is -3.08. The number of amides is 2. The van der Waals surface area contributed by atoms with Gasteiger partial charge in [0, 0.05) is 28.9 Å². The summed E-state index contributed by atoms with van der Waals surface area (Å²) < 4.78 is 69.5. The molecule has 1 aromatic heterocycles. The number of carbonyl (C=O) groups excluding carboxylic acids is 2. The van der Waals surface area contributed by atoms with E-state index >= 15 is 4.39 Å². The van der Waals surface area contributed by atoms with Gasteiger partial charge in [-0.1, -0.05) is 0 Å². The molecule has 11 heteroatoms. The second-order valence-corrected chi connectivity index (χ2v) is 10.5. The van der Waals surface area contributed by atoms with E-state index in [9.17, 15) is 32.3 Å². The molecule has 1 aliphatic heterocycles. The first-order valence-electron chi connectivity index (χ1n) is 12.1. The number of hydrogen-bond donors (Lipinski definition) is 2. The topological polar surface area (TPSA) is 96.5 Å². The molecule has 1 aromatic carbocycles. The summed E-state index contributed by atoms with van der Waals surface area (Å²) >= 11 is 0. The Morgan fingerprint density at radius 3 is 2.41 bits per heavy atom. The van der Waals surface area contributed by atoms with Gasteiger partial charge in [-0.3, -0.25) is 14.6 Å². The van der Waals surface area contributed by atoms with Crippen LogP contribution in [-0.4, -0.2) is 38.4 Å². The van der Waals surface area contributed by atoms with Crippen LogP contribution in [0.4, 0.5) is 22.0 Å². The number of primary amides is 1. The molecule has 5 atom stereocenters. The highest BCUT2D eigenvalue weighted by molar-refractivity contribution is 6.00. The molecule has 0 spiro atoms. The van der Waals surface area contributed by atoms with E-state index < -0.39 is 58.8 Å². The van der Waals surface area contributed by atoms with Gasteiger partial charge in [0.05, 0.1) is 17.2 Å². The molecule has 0 radical (unpaired) electrons. The number of fused-ring (bicyclic) bond motifs is 1. The zero-order chi connectivity index (χ0) is 27.0. The summed E-state index contributed by atoms with van der Waals surface area (Å²) in [5.41, 5.74) is 3.45. The minimum absolute atomic E-state index is 0.106. The number of piperidine rings is 1. The van der Waals surface area contributed by atoms with Crippen LogP contribution in [0.2, 0.25) is 0 Å². The monoisotopic (exact) mass is 523 g/mol. The van der Waals surface area contributed by atoms with Crippen LogP contribution < -0.4 is 5.73 Å². The van der Waals surface area contributed by atoms with Crippen molar-refractivity contribution in [3.05, 3.63) is 64.0 Å². The Balaban J connectivity index is 1.65. The summed E-state index contributed by atoms with van der Waals surface area (Å²) in [6.45, 7) is 3.11. The Morgan fingerprint density at radius 1 is 1.16 bits per heavy atom. The van der Waals surface area contributed by atoms with E-state index in [-0.39, 0.29) is 41.0 Å². The van der Waals surface area contributed by atoms with E-state index in [0.717, 1.165) is 0 Å². The predicted molar refractivity (Wildman–Crippen MR) is 121 cm³/mol. The molecule has 198 valence electrons. The third-order valence-corrected chi connectivity index (χ3v) is 8.05. The number of aliphatic hydroxyl groups is 1. The van der Waals surface area contributed by atoms with E-state index in [4.69, 9.17) is 5.73 Å². The number of likely N-dealkylation sites (tertiary alicyclic amines) is 1. The fourth-order valence-corrected chi connectivity index (χ4v) is 6.29. The van der Waals surface area contributed by atoms with Crippen LogP contribution in [0.25, 0.3) is 0 Å². The minimum atomic E-state index is -5.07. The van der Waals surface area contributed by atoms with E-state index in [0.29, 0.717) is 31.0 Å². The van der Waals surface area contributed by atoms with Gasteiger partial charge in [-0.25, -0.2) is 8.78 Å². The summed E-state index contributed by atoms with van der Waals surface area (Å²) in [5, 5.41) is 10.3. The molecule has 5 rings (SSSR count). The highest BCUT2D eigenvalue weighted by Gasteiger charge is 2.73. The van der Waals surface area contributed by atoms with Gasteiger partial charge in [-0.05, 0) is 75.1 Å². The second-order valence-electron chi connectivity index (χ2n) is 10.5. The molecule has 2 heterocycles. The minimum Gasteiger partial charge on any atom is -0.389 e. The van der Waals surface area contributed by atoms with Gasteiger partial charge in [0.15, 0.2) is 0 Å². The van der Waals surface area contributed by atoms with Gasteiger partial charge >= 0.3 is 6.18 Å². The number of aromatic nitrogens is 1. The standard InChI is InChI=1S/C26H26F5N3O3/c1-11-5-15(17(10-33-11)12(2)35)24(37)34-21(23(32)36)6-14-9-25(14,34)22(13-3-4-13)16-7-20(28)18(8-19(16)27)26(29,30)31/h5,7-8,10,12-14,21-22,35H,3-4,6,9H2,1-2H3,(H2,32,36)/t12?,14?,21?,22?,25-/m1/s1. The number of rotatable bonds is 6. The number of pyridine rings is 1. The number of alkyl halides is 3. The molecule has 6 nitrogen and oxygen atoms in total. The molecule has 1 saturated heterocycles. The lowest BCUT2D eigenvalue weighted by Gasteiger charge is -2.39. The van der Waals surface area contributed by atoms with Crippen molar-refractivity contribution in [2.45, 2.75) is 69.3 Å². The SMILES string of the molecule is Cc1cc(C(=O)N2C(C(N)=O)CC3C[C@]32C(c2cc(F)c(C(F)(F)F)cc2F)C2CC2)c(C(C)O)cn1. The maximum absolute atomic E-state index is 15.3. The van der Waals surface area contributed by atoms with E-state index in [1.807, 2.05) is 0 Å². The first kappa shape index (κ1) is 25.6. The fraction of sp³-hybridized carbons (Fsp3) is 0.500. The third-order valence-electron chi connectivity index (χ3n) is 8.05. The normalized spacial score (nSPS) is 26.5. The third kappa shape index (κ3) is 4.07. The number of aliphatic hydroxyl groups excluding tert-OH is 1. The highest BCUT2D eigenvalue weighted by atomic mass is 19.4. The van der Waals surface area contributed by atoms with Crippen LogP contribution in [-0.2, 0) is 11.0 Å². The Labute approximate surface area is 209 Å². The molecule has 3 N–H and O–H groups in total. The summed E-state index contributed by atoms with van der Waals surface area (Å²) in [6, 6.07) is 1.20. The van der Waals surface area contributed by atoms with Crippen LogP contribution in [0.5, 0.6) is 0 Å². The first-order chi connectivity index (χ1) is 17.3. The largest absolute Gasteiger partial charge is 0.419 e. The van der Waals surface area contributed by atoms with Crippen LogP contribution in [0.15, 0.2) is 24.4 Å². The molecule has 3 fully saturated rings. The molecular formula is C26H26F5N3O3. The average molecular weight is 524 g/mol. The van der Waals surface area contributed by atoms with Gasteiger partial charge in [-0.15, -0.1) is 0 Å². The number of hydrogen-bond acceptors (Lipinski definition) is 4. The van der Waals surface area contributed by atoms with Crippen LogP contribution in [0.1, 0.15) is 77.4 Å². The first-order valence-corrected chi connectivity index (χ1v) is 12.1. The molecule has 3 aliphatic rings. The van der Waals surface area contributed by atoms with Crippen molar-refractivity contribution in [1.82, 2.24) is 9.88 Å². The number of nitrogens with zero attached hydrogens (tertiary/aromatic N) is 2. The molecule has 2 amide bonds. The molecular weight excluding hydrogens is 497 g/mol. The zero-order valence-electron chi connectivity index (χ0n) is 20.1. The van der Waals surface area contributed by atoms with Crippen LogP contribution in [0.3, 0.4) is 0 Å². The van der Waals surface area contributed by atoms with E-state index in [1.54, 1.807) is 6.92 Å². The number of nitrogens with two attached hydrogens (primary N) is 1. The Bertz CT molecular complexity index is 1290. The lowest BCUT2D eigenvalue weighted by Crippen LogP contribution is -2.53. The quantitative estimate of drug-likeness (QED) is 0.549. The molecule has 37 heavy (non-hydrogen) atoms. The molecule has 0 bridgehead atoms. The van der Waals surface area contributed by atoms with Gasteiger partial charge in [0.25, 0.3) is 5.91 Å².